The number of benzene rings is 1. The maximum atomic E-state index is 12.3. The molecule has 118 valence electrons. The first-order valence-electron chi connectivity index (χ1n) is 7.98. The fraction of sp³-hybridized carbons (Fsp3) is 0.529. The van der Waals surface area contributed by atoms with E-state index in [1.807, 2.05) is 30.1 Å². The second kappa shape index (κ2) is 6.48. The zero-order valence-corrected chi connectivity index (χ0v) is 12.9. The number of carbonyl (C=O) groups is 2. The number of hydrogen-bond donors (Lipinski definition) is 2. The van der Waals surface area contributed by atoms with E-state index < -0.39 is 0 Å². The van der Waals surface area contributed by atoms with Crippen LogP contribution in [0.4, 0.5) is 0 Å². The van der Waals surface area contributed by atoms with Crippen molar-refractivity contribution in [2.24, 2.45) is 0 Å². The second-order valence-electron chi connectivity index (χ2n) is 6.32. The van der Waals surface area contributed by atoms with Crippen molar-refractivity contribution in [3.63, 3.8) is 0 Å². The lowest BCUT2D eigenvalue weighted by Crippen LogP contribution is -2.50. The van der Waals surface area contributed by atoms with Crippen LogP contribution in [0, 0.1) is 0 Å². The summed E-state index contributed by atoms with van der Waals surface area (Å²) in [4.78, 5) is 26.1. The van der Waals surface area contributed by atoms with E-state index in [1.54, 1.807) is 12.1 Å². The molecule has 22 heavy (non-hydrogen) atoms. The van der Waals surface area contributed by atoms with E-state index in [2.05, 4.69) is 10.6 Å². The van der Waals surface area contributed by atoms with Gasteiger partial charge in [0.1, 0.15) is 0 Å². The van der Waals surface area contributed by atoms with Gasteiger partial charge in [0.15, 0.2) is 0 Å². The van der Waals surface area contributed by atoms with Gasteiger partial charge in [-0.2, -0.15) is 0 Å². The average molecular weight is 301 g/mol. The van der Waals surface area contributed by atoms with Gasteiger partial charge in [0.05, 0.1) is 6.54 Å². The van der Waals surface area contributed by atoms with Crippen molar-refractivity contribution in [2.45, 2.75) is 43.8 Å². The molecule has 0 spiro atoms. The number of rotatable bonds is 4. The number of hydrogen-bond acceptors (Lipinski definition) is 3. The lowest BCUT2D eigenvalue weighted by molar-refractivity contribution is -0.131. The average Bonchev–Trinajstić information content (AvgIpc) is 2.90. The van der Waals surface area contributed by atoms with Crippen LogP contribution >= 0.6 is 0 Å². The molecule has 2 aliphatic heterocycles. The van der Waals surface area contributed by atoms with Crippen molar-refractivity contribution in [2.75, 3.05) is 13.6 Å². The molecule has 5 nitrogen and oxygen atoms in total. The molecule has 2 atom stereocenters. The van der Waals surface area contributed by atoms with Gasteiger partial charge in [-0.05, 0) is 37.8 Å². The molecule has 0 saturated carbocycles. The smallest absolute Gasteiger partial charge is 0.251 e. The van der Waals surface area contributed by atoms with Crippen LogP contribution in [-0.4, -0.2) is 48.4 Å². The van der Waals surface area contributed by atoms with Crippen molar-refractivity contribution in [3.8, 4) is 0 Å². The van der Waals surface area contributed by atoms with E-state index in [9.17, 15) is 9.59 Å². The highest BCUT2D eigenvalue weighted by atomic mass is 16.2. The Hall–Kier alpha value is -1.88. The van der Waals surface area contributed by atoms with E-state index in [0.29, 0.717) is 23.7 Å². The molecule has 2 saturated heterocycles. The number of carbonyl (C=O) groups excluding carboxylic acids is 2. The minimum Gasteiger partial charge on any atom is -0.343 e. The lowest BCUT2D eigenvalue weighted by atomic mass is 9.98. The third-order valence-corrected chi connectivity index (χ3v) is 4.83. The molecule has 2 bridgehead atoms. The Bertz CT molecular complexity index is 534. The van der Waals surface area contributed by atoms with Crippen molar-refractivity contribution < 1.29 is 9.59 Å². The molecule has 2 amide bonds. The van der Waals surface area contributed by atoms with E-state index in [0.717, 1.165) is 12.8 Å². The first-order chi connectivity index (χ1) is 10.6. The standard InChI is InChI=1S/C17H23N3O2/c1-20(15-9-13-7-8-14(10-15)19-13)16(21)11-18-17(22)12-5-3-2-4-6-12/h2-6,13-15,19H,7-11H2,1H3,(H,18,22). The first kappa shape index (κ1) is 15.0. The van der Waals surface area contributed by atoms with E-state index in [4.69, 9.17) is 0 Å². The van der Waals surface area contributed by atoms with Gasteiger partial charge < -0.3 is 15.5 Å². The highest BCUT2D eigenvalue weighted by molar-refractivity contribution is 5.96. The van der Waals surface area contributed by atoms with Crippen LogP contribution in [0.2, 0.25) is 0 Å². The van der Waals surface area contributed by atoms with E-state index in [1.165, 1.54) is 12.8 Å². The fourth-order valence-electron chi connectivity index (χ4n) is 3.52. The summed E-state index contributed by atoms with van der Waals surface area (Å²) in [5, 5.41) is 6.29. The molecule has 1 aromatic carbocycles. The van der Waals surface area contributed by atoms with Gasteiger partial charge in [0.2, 0.25) is 5.91 Å². The Kier molecular flexibility index (Phi) is 4.43. The largest absolute Gasteiger partial charge is 0.343 e. The predicted molar refractivity (Wildman–Crippen MR) is 84.5 cm³/mol. The first-order valence-corrected chi connectivity index (χ1v) is 7.98. The molecule has 3 rings (SSSR count). The van der Waals surface area contributed by atoms with Crippen LogP contribution in [0.25, 0.3) is 0 Å². The van der Waals surface area contributed by atoms with Crippen LogP contribution in [0.3, 0.4) is 0 Å². The third-order valence-electron chi connectivity index (χ3n) is 4.83. The quantitative estimate of drug-likeness (QED) is 0.877. The number of fused-ring (bicyclic) bond motifs is 2. The molecule has 2 aliphatic rings. The summed E-state index contributed by atoms with van der Waals surface area (Å²) in [6.07, 6.45) is 4.47. The summed E-state index contributed by atoms with van der Waals surface area (Å²) in [6, 6.07) is 10.4. The van der Waals surface area contributed by atoms with Crippen LogP contribution in [0.15, 0.2) is 30.3 Å². The Morgan fingerprint density at radius 2 is 1.82 bits per heavy atom. The zero-order chi connectivity index (χ0) is 15.5. The topological polar surface area (TPSA) is 61.4 Å². The van der Waals surface area contributed by atoms with E-state index in [-0.39, 0.29) is 18.4 Å². The number of likely N-dealkylation sites (N-methyl/N-ethyl adjacent to an activating group) is 1. The lowest BCUT2D eigenvalue weighted by Gasteiger charge is -2.35. The van der Waals surface area contributed by atoms with Gasteiger partial charge in [-0.3, -0.25) is 9.59 Å². The highest BCUT2D eigenvalue weighted by Gasteiger charge is 2.36. The number of nitrogens with one attached hydrogen (secondary N) is 2. The molecular weight excluding hydrogens is 278 g/mol. The third kappa shape index (κ3) is 3.30. The highest BCUT2D eigenvalue weighted by Crippen LogP contribution is 2.29. The van der Waals surface area contributed by atoms with Gasteiger partial charge >= 0.3 is 0 Å². The Labute approximate surface area is 131 Å². The summed E-state index contributed by atoms with van der Waals surface area (Å²) >= 11 is 0. The normalized spacial score (nSPS) is 26.5. The fourth-order valence-corrected chi connectivity index (χ4v) is 3.52. The maximum absolute atomic E-state index is 12.3. The predicted octanol–water partition coefficient (Wildman–Crippen LogP) is 1.16. The molecule has 0 radical (unpaired) electrons. The Morgan fingerprint density at radius 3 is 2.45 bits per heavy atom. The van der Waals surface area contributed by atoms with Crippen molar-refractivity contribution in [1.29, 1.82) is 0 Å². The van der Waals surface area contributed by atoms with Crippen molar-refractivity contribution >= 4 is 11.8 Å². The van der Waals surface area contributed by atoms with Gasteiger partial charge in [-0.15, -0.1) is 0 Å². The summed E-state index contributed by atoms with van der Waals surface area (Å²) in [7, 11) is 1.85. The number of nitrogens with zero attached hydrogens (tertiary/aromatic N) is 1. The maximum Gasteiger partial charge on any atom is 0.251 e. The molecule has 0 aliphatic carbocycles. The van der Waals surface area contributed by atoms with E-state index >= 15 is 0 Å². The summed E-state index contributed by atoms with van der Waals surface area (Å²) < 4.78 is 0. The monoisotopic (exact) mass is 301 g/mol. The minimum atomic E-state index is -0.201. The van der Waals surface area contributed by atoms with Gasteiger partial charge in [0, 0.05) is 30.7 Å². The SMILES string of the molecule is CN(C(=O)CNC(=O)c1ccccc1)C1CC2CCC(C1)N2. The Balaban J connectivity index is 1.50. The molecular formula is C17H23N3O2. The van der Waals surface area contributed by atoms with Gasteiger partial charge in [-0.25, -0.2) is 0 Å². The van der Waals surface area contributed by atoms with Gasteiger partial charge in [0.25, 0.3) is 5.91 Å². The van der Waals surface area contributed by atoms with Crippen molar-refractivity contribution in [3.05, 3.63) is 35.9 Å². The number of piperidine rings is 1. The molecule has 1 aromatic rings. The summed E-state index contributed by atoms with van der Waals surface area (Å²) in [5.41, 5.74) is 0.581. The van der Waals surface area contributed by atoms with Crippen LogP contribution in [-0.2, 0) is 4.79 Å². The minimum absolute atomic E-state index is 0.0180. The zero-order valence-electron chi connectivity index (χ0n) is 12.9. The Morgan fingerprint density at radius 1 is 1.18 bits per heavy atom. The van der Waals surface area contributed by atoms with Crippen LogP contribution in [0.1, 0.15) is 36.0 Å². The molecule has 2 fully saturated rings. The molecule has 2 unspecified atom stereocenters. The molecule has 2 N–H and O–H groups in total. The molecule has 5 heteroatoms. The number of amides is 2. The summed E-state index contributed by atoms with van der Waals surface area (Å²) in [6.45, 7) is 0.0590. The molecule has 0 aromatic heterocycles. The van der Waals surface area contributed by atoms with Gasteiger partial charge in [-0.1, -0.05) is 18.2 Å². The summed E-state index contributed by atoms with van der Waals surface area (Å²) in [5.74, 6) is -0.219. The van der Waals surface area contributed by atoms with Crippen LogP contribution in [0.5, 0.6) is 0 Å². The molecule has 2 heterocycles. The van der Waals surface area contributed by atoms with Crippen LogP contribution < -0.4 is 10.6 Å². The second-order valence-corrected chi connectivity index (χ2v) is 6.32. The van der Waals surface area contributed by atoms with Crippen molar-refractivity contribution in [1.82, 2.24) is 15.5 Å².